The van der Waals surface area contributed by atoms with E-state index < -0.39 is 0 Å². The summed E-state index contributed by atoms with van der Waals surface area (Å²) >= 11 is 4.94. The highest BCUT2D eigenvalue weighted by Gasteiger charge is 2.11. The topological polar surface area (TPSA) is 29.1 Å². The molecule has 0 aliphatic rings. The largest absolute Gasteiger partial charge is 0.347 e. The van der Waals surface area contributed by atoms with Gasteiger partial charge in [-0.15, -0.1) is 11.3 Å². The molecule has 4 heteroatoms. The van der Waals surface area contributed by atoms with Crippen LogP contribution in [0.3, 0.4) is 0 Å². The van der Waals surface area contributed by atoms with Crippen molar-refractivity contribution in [2.45, 2.75) is 25.2 Å². The molecule has 0 aliphatic heterocycles. The van der Waals surface area contributed by atoms with Gasteiger partial charge in [-0.1, -0.05) is 47.1 Å². The Morgan fingerprint density at radius 1 is 1.32 bits per heavy atom. The number of nitrogens with one attached hydrogen (secondary N) is 1. The van der Waals surface area contributed by atoms with Gasteiger partial charge in [0, 0.05) is 11.9 Å². The summed E-state index contributed by atoms with van der Waals surface area (Å²) in [6.45, 7) is 2.64. The van der Waals surface area contributed by atoms with Gasteiger partial charge < -0.3 is 5.32 Å². The van der Waals surface area contributed by atoms with Gasteiger partial charge in [-0.3, -0.25) is 4.79 Å². The van der Waals surface area contributed by atoms with Gasteiger partial charge >= 0.3 is 0 Å². The van der Waals surface area contributed by atoms with Crippen molar-refractivity contribution in [1.82, 2.24) is 5.32 Å². The number of hydrogen-bond donors (Lipinski definition) is 1. The molecule has 100 valence electrons. The van der Waals surface area contributed by atoms with Crippen molar-refractivity contribution < 1.29 is 4.79 Å². The third kappa shape index (κ3) is 3.67. The molecule has 0 saturated carbocycles. The zero-order valence-electron chi connectivity index (χ0n) is 10.8. The number of thiophene rings is 1. The second-order valence-electron chi connectivity index (χ2n) is 4.26. The minimum atomic E-state index is 0.0242. The van der Waals surface area contributed by atoms with Crippen molar-refractivity contribution in [3.63, 3.8) is 0 Å². The third-order valence-electron chi connectivity index (χ3n) is 2.93. The van der Waals surface area contributed by atoms with E-state index in [1.165, 1.54) is 16.9 Å². The first-order valence-corrected chi connectivity index (χ1v) is 8.23. The fraction of sp³-hybridized carbons (Fsp3) is 0.267. The lowest BCUT2D eigenvalue weighted by atomic mass is 10.1. The number of carbonyl (C=O) groups excluding carboxylic acids is 1. The Kier molecular flexibility index (Phi) is 5.16. The van der Waals surface area contributed by atoms with E-state index in [4.69, 9.17) is 0 Å². The maximum atomic E-state index is 12.1. The SMILES string of the molecule is CCc1ccsc1C(=O)NCc1cccc(CBr)c1. The van der Waals surface area contributed by atoms with Gasteiger partial charge in [0.1, 0.15) is 0 Å². The fourth-order valence-corrected chi connectivity index (χ4v) is 3.16. The van der Waals surface area contributed by atoms with E-state index in [0.29, 0.717) is 6.54 Å². The Bertz CT molecular complexity index is 565. The zero-order valence-corrected chi connectivity index (χ0v) is 13.2. The van der Waals surface area contributed by atoms with Crippen molar-refractivity contribution in [2.24, 2.45) is 0 Å². The monoisotopic (exact) mass is 337 g/mol. The Morgan fingerprint density at radius 3 is 2.84 bits per heavy atom. The van der Waals surface area contributed by atoms with Gasteiger partial charge in [-0.2, -0.15) is 0 Å². The van der Waals surface area contributed by atoms with E-state index >= 15 is 0 Å². The van der Waals surface area contributed by atoms with Crippen molar-refractivity contribution in [3.05, 3.63) is 57.3 Å². The minimum Gasteiger partial charge on any atom is -0.347 e. The smallest absolute Gasteiger partial charge is 0.261 e. The van der Waals surface area contributed by atoms with Crippen LogP contribution in [0.4, 0.5) is 0 Å². The highest BCUT2D eigenvalue weighted by Crippen LogP contribution is 2.17. The lowest BCUT2D eigenvalue weighted by Gasteiger charge is -2.06. The van der Waals surface area contributed by atoms with Gasteiger partial charge in [-0.05, 0) is 34.6 Å². The quantitative estimate of drug-likeness (QED) is 0.816. The molecule has 0 bridgehead atoms. The molecule has 1 heterocycles. The van der Waals surface area contributed by atoms with Crippen LogP contribution >= 0.6 is 27.3 Å². The summed E-state index contributed by atoms with van der Waals surface area (Å²) in [5, 5.41) is 5.79. The summed E-state index contributed by atoms with van der Waals surface area (Å²) in [7, 11) is 0. The van der Waals surface area contributed by atoms with Crippen LogP contribution in [-0.2, 0) is 18.3 Å². The maximum Gasteiger partial charge on any atom is 0.261 e. The molecule has 0 aliphatic carbocycles. The molecule has 1 aromatic carbocycles. The number of carbonyl (C=O) groups is 1. The molecular weight excluding hydrogens is 322 g/mol. The molecule has 1 N–H and O–H groups in total. The second-order valence-corrected chi connectivity index (χ2v) is 5.74. The summed E-state index contributed by atoms with van der Waals surface area (Å²) in [5.74, 6) is 0.0242. The first-order valence-electron chi connectivity index (χ1n) is 6.23. The van der Waals surface area contributed by atoms with Gasteiger partial charge in [-0.25, -0.2) is 0 Å². The molecule has 0 unspecified atom stereocenters. The molecule has 1 amide bonds. The molecule has 0 fully saturated rings. The molecule has 2 aromatic rings. The lowest BCUT2D eigenvalue weighted by molar-refractivity contribution is 0.0954. The summed E-state index contributed by atoms with van der Waals surface area (Å²) in [5.41, 5.74) is 3.47. The Balaban J connectivity index is 2.00. The van der Waals surface area contributed by atoms with Gasteiger partial charge in [0.2, 0.25) is 0 Å². The second kappa shape index (κ2) is 6.87. The Labute approximate surface area is 126 Å². The van der Waals surface area contributed by atoms with Gasteiger partial charge in [0.05, 0.1) is 4.88 Å². The third-order valence-corrected chi connectivity index (χ3v) is 4.54. The molecule has 0 atom stereocenters. The van der Waals surface area contributed by atoms with Crippen molar-refractivity contribution in [2.75, 3.05) is 0 Å². The Morgan fingerprint density at radius 2 is 2.11 bits per heavy atom. The number of hydrogen-bond acceptors (Lipinski definition) is 2. The number of amides is 1. The number of alkyl halides is 1. The summed E-state index contributed by atoms with van der Waals surface area (Å²) in [6.07, 6.45) is 0.894. The van der Waals surface area contributed by atoms with Gasteiger partial charge in [0.25, 0.3) is 5.91 Å². The van der Waals surface area contributed by atoms with Crippen LogP contribution in [0, 0.1) is 0 Å². The molecule has 0 radical (unpaired) electrons. The number of halogens is 1. The van der Waals surface area contributed by atoms with Crippen LogP contribution < -0.4 is 5.32 Å². The van der Waals surface area contributed by atoms with Crippen LogP contribution in [0.15, 0.2) is 35.7 Å². The zero-order chi connectivity index (χ0) is 13.7. The van der Waals surface area contributed by atoms with E-state index in [1.54, 1.807) is 0 Å². The summed E-state index contributed by atoms with van der Waals surface area (Å²) in [4.78, 5) is 12.9. The first-order chi connectivity index (χ1) is 9.24. The molecule has 0 saturated heterocycles. The van der Waals surface area contributed by atoms with Crippen molar-refractivity contribution in [1.29, 1.82) is 0 Å². The van der Waals surface area contributed by atoms with E-state index in [9.17, 15) is 4.79 Å². The predicted molar refractivity (Wildman–Crippen MR) is 83.9 cm³/mol. The van der Waals surface area contributed by atoms with Crippen LogP contribution in [0.2, 0.25) is 0 Å². The fourth-order valence-electron chi connectivity index (χ4n) is 1.90. The number of benzene rings is 1. The van der Waals surface area contributed by atoms with Crippen LogP contribution in [0.5, 0.6) is 0 Å². The maximum absolute atomic E-state index is 12.1. The first kappa shape index (κ1) is 14.3. The van der Waals surface area contributed by atoms with E-state index in [2.05, 4.69) is 40.3 Å². The van der Waals surface area contributed by atoms with Crippen LogP contribution in [0.1, 0.15) is 33.3 Å². The Hall–Kier alpha value is -1.13. The normalized spacial score (nSPS) is 10.4. The van der Waals surface area contributed by atoms with Crippen molar-refractivity contribution in [3.8, 4) is 0 Å². The molecular formula is C15H16BrNOS. The summed E-state index contributed by atoms with van der Waals surface area (Å²) in [6, 6.07) is 10.2. The highest BCUT2D eigenvalue weighted by molar-refractivity contribution is 9.08. The van der Waals surface area contributed by atoms with E-state index in [1.807, 2.05) is 23.6 Å². The molecule has 2 nitrogen and oxygen atoms in total. The summed E-state index contributed by atoms with van der Waals surface area (Å²) < 4.78 is 0. The average molecular weight is 338 g/mol. The average Bonchev–Trinajstić information content (AvgIpc) is 2.93. The van der Waals surface area contributed by atoms with Crippen molar-refractivity contribution >= 4 is 33.2 Å². The number of aryl methyl sites for hydroxylation is 1. The minimum absolute atomic E-state index is 0.0242. The molecule has 0 spiro atoms. The molecule has 2 rings (SSSR count). The van der Waals surface area contributed by atoms with Crippen LogP contribution in [0.25, 0.3) is 0 Å². The predicted octanol–water partition coefficient (Wildman–Crippen LogP) is 4.14. The number of rotatable bonds is 5. The lowest BCUT2D eigenvalue weighted by Crippen LogP contribution is -2.22. The highest BCUT2D eigenvalue weighted by atomic mass is 79.9. The molecule has 19 heavy (non-hydrogen) atoms. The van der Waals surface area contributed by atoms with Gasteiger partial charge in [0.15, 0.2) is 0 Å². The molecule has 1 aromatic heterocycles. The van der Waals surface area contributed by atoms with E-state index in [-0.39, 0.29) is 5.91 Å². The van der Waals surface area contributed by atoms with E-state index in [0.717, 1.165) is 27.8 Å². The van der Waals surface area contributed by atoms with Crippen LogP contribution in [-0.4, -0.2) is 5.91 Å². The standard InChI is InChI=1S/C15H16BrNOS/c1-2-13-6-7-19-14(13)15(18)17-10-12-5-3-4-11(8-12)9-16/h3-8H,2,9-10H2,1H3,(H,17,18).